The lowest BCUT2D eigenvalue weighted by atomic mass is 9.93. The minimum Gasteiger partial charge on any atom is -0.308 e. The Morgan fingerprint density at radius 2 is 1.88 bits per heavy atom. The Labute approximate surface area is 158 Å². The molecule has 138 valence electrons. The van der Waals surface area contributed by atoms with E-state index in [0.29, 0.717) is 12.1 Å². The van der Waals surface area contributed by atoms with E-state index in [2.05, 4.69) is 77.5 Å². The minimum absolute atomic E-state index is 0.471. The molecule has 0 bridgehead atoms. The van der Waals surface area contributed by atoms with E-state index in [0.717, 1.165) is 45.7 Å². The summed E-state index contributed by atoms with van der Waals surface area (Å²) < 4.78 is 0. The van der Waals surface area contributed by atoms with Gasteiger partial charge < -0.3 is 5.32 Å². The average molecular weight is 350 g/mol. The van der Waals surface area contributed by atoms with Crippen LogP contribution in [0.2, 0.25) is 0 Å². The summed E-state index contributed by atoms with van der Waals surface area (Å²) >= 11 is 0. The standard InChI is InChI=1S/C23H31N3/c1-18(2)26-13-11-24-23(17-26)21-8-9-22-16-25(12-10-20(22)14-21)15-19-6-4-3-5-7-19/h3-9,14,18,23-24H,10-13,15-17H2,1-2H3. The number of benzene rings is 2. The second-order valence-electron chi connectivity index (χ2n) is 8.07. The number of piperazine rings is 1. The number of rotatable bonds is 4. The maximum absolute atomic E-state index is 3.72. The van der Waals surface area contributed by atoms with Gasteiger partial charge in [0.15, 0.2) is 0 Å². The van der Waals surface area contributed by atoms with Gasteiger partial charge in [0.25, 0.3) is 0 Å². The van der Waals surface area contributed by atoms with E-state index in [1.807, 2.05) is 0 Å². The molecule has 1 unspecified atom stereocenters. The smallest absolute Gasteiger partial charge is 0.0449 e. The van der Waals surface area contributed by atoms with Crippen molar-refractivity contribution in [1.29, 1.82) is 0 Å². The molecule has 2 aliphatic heterocycles. The fourth-order valence-corrected chi connectivity index (χ4v) is 4.29. The van der Waals surface area contributed by atoms with E-state index in [4.69, 9.17) is 0 Å². The highest BCUT2D eigenvalue weighted by atomic mass is 15.2. The van der Waals surface area contributed by atoms with Crippen molar-refractivity contribution in [2.75, 3.05) is 26.2 Å². The molecule has 0 aliphatic carbocycles. The molecule has 1 N–H and O–H groups in total. The van der Waals surface area contributed by atoms with E-state index in [1.165, 1.54) is 16.7 Å². The van der Waals surface area contributed by atoms with Crippen LogP contribution < -0.4 is 5.32 Å². The lowest BCUT2D eigenvalue weighted by molar-refractivity contribution is 0.162. The quantitative estimate of drug-likeness (QED) is 0.910. The van der Waals surface area contributed by atoms with Gasteiger partial charge in [-0.25, -0.2) is 0 Å². The predicted octanol–water partition coefficient (Wildman–Crippen LogP) is 3.60. The second kappa shape index (κ2) is 7.91. The third kappa shape index (κ3) is 4.01. The minimum atomic E-state index is 0.471. The highest BCUT2D eigenvalue weighted by Crippen LogP contribution is 2.26. The lowest BCUT2D eigenvalue weighted by Crippen LogP contribution is -2.48. The topological polar surface area (TPSA) is 18.5 Å². The van der Waals surface area contributed by atoms with Crippen molar-refractivity contribution in [2.45, 2.75) is 45.4 Å². The maximum Gasteiger partial charge on any atom is 0.0449 e. The van der Waals surface area contributed by atoms with Gasteiger partial charge >= 0.3 is 0 Å². The molecule has 0 radical (unpaired) electrons. The summed E-state index contributed by atoms with van der Waals surface area (Å²) in [4.78, 5) is 5.15. The molecular formula is C23H31N3. The molecule has 2 aromatic carbocycles. The van der Waals surface area contributed by atoms with Crippen LogP contribution in [-0.2, 0) is 19.5 Å². The molecule has 0 saturated carbocycles. The van der Waals surface area contributed by atoms with Crippen molar-refractivity contribution in [3.8, 4) is 0 Å². The summed E-state index contributed by atoms with van der Waals surface area (Å²) in [5, 5.41) is 3.72. The Morgan fingerprint density at radius 3 is 2.69 bits per heavy atom. The van der Waals surface area contributed by atoms with E-state index in [9.17, 15) is 0 Å². The van der Waals surface area contributed by atoms with Gasteiger partial charge in [0, 0.05) is 51.4 Å². The van der Waals surface area contributed by atoms with Gasteiger partial charge in [0.05, 0.1) is 0 Å². The molecule has 3 heteroatoms. The molecule has 0 aromatic heterocycles. The fourth-order valence-electron chi connectivity index (χ4n) is 4.29. The van der Waals surface area contributed by atoms with Crippen LogP contribution in [0.25, 0.3) is 0 Å². The van der Waals surface area contributed by atoms with Crippen LogP contribution in [0.4, 0.5) is 0 Å². The number of nitrogens with zero attached hydrogens (tertiary/aromatic N) is 2. The average Bonchev–Trinajstić information content (AvgIpc) is 2.68. The lowest BCUT2D eigenvalue weighted by Gasteiger charge is -2.37. The van der Waals surface area contributed by atoms with Crippen molar-refractivity contribution >= 4 is 0 Å². The molecule has 2 aromatic rings. The summed E-state index contributed by atoms with van der Waals surface area (Å²) in [6.07, 6.45) is 1.16. The largest absolute Gasteiger partial charge is 0.308 e. The van der Waals surface area contributed by atoms with Crippen LogP contribution in [0, 0.1) is 0 Å². The van der Waals surface area contributed by atoms with Gasteiger partial charge in [-0.2, -0.15) is 0 Å². The van der Waals surface area contributed by atoms with Gasteiger partial charge in [-0.05, 0) is 42.5 Å². The van der Waals surface area contributed by atoms with Gasteiger partial charge in [-0.15, -0.1) is 0 Å². The summed E-state index contributed by atoms with van der Waals surface area (Å²) in [5.41, 5.74) is 5.93. The zero-order chi connectivity index (χ0) is 17.9. The first-order valence-corrected chi connectivity index (χ1v) is 10.0. The SMILES string of the molecule is CC(C)N1CCNC(c2ccc3c(c2)CCN(Cc2ccccc2)C3)C1. The molecule has 2 heterocycles. The second-order valence-corrected chi connectivity index (χ2v) is 8.07. The Balaban J connectivity index is 1.44. The van der Waals surface area contributed by atoms with Crippen molar-refractivity contribution in [1.82, 2.24) is 15.1 Å². The summed E-state index contributed by atoms with van der Waals surface area (Å²) in [7, 11) is 0. The van der Waals surface area contributed by atoms with Gasteiger partial charge in [0.1, 0.15) is 0 Å². The Bertz CT molecular complexity index is 725. The molecule has 1 fully saturated rings. The number of fused-ring (bicyclic) bond motifs is 1. The normalized spacial score (nSPS) is 21.7. The first-order chi connectivity index (χ1) is 12.7. The Morgan fingerprint density at radius 1 is 1.04 bits per heavy atom. The van der Waals surface area contributed by atoms with Crippen molar-refractivity contribution in [2.24, 2.45) is 0 Å². The monoisotopic (exact) mass is 349 g/mol. The Hall–Kier alpha value is -1.68. The van der Waals surface area contributed by atoms with Crippen molar-refractivity contribution in [3.05, 3.63) is 70.8 Å². The molecule has 3 nitrogen and oxygen atoms in total. The maximum atomic E-state index is 3.72. The van der Waals surface area contributed by atoms with Crippen molar-refractivity contribution < 1.29 is 0 Å². The molecule has 26 heavy (non-hydrogen) atoms. The zero-order valence-electron chi connectivity index (χ0n) is 16.1. The summed E-state index contributed by atoms with van der Waals surface area (Å²) in [6.45, 7) is 11.2. The number of hydrogen-bond donors (Lipinski definition) is 1. The molecular weight excluding hydrogens is 318 g/mol. The highest BCUT2D eigenvalue weighted by Gasteiger charge is 2.24. The summed E-state index contributed by atoms with van der Waals surface area (Å²) in [6, 6.07) is 19.1. The van der Waals surface area contributed by atoms with Gasteiger partial charge in [-0.3, -0.25) is 9.80 Å². The molecule has 4 rings (SSSR count). The van der Waals surface area contributed by atoms with E-state index in [1.54, 1.807) is 5.56 Å². The summed E-state index contributed by atoms with van der Waals surface area (Å²) in [5.74, 6) is 0. The number of nitrogens with one attached hydrogen (secondary N) is 1. The van der Waals surface area contributed by atoms with Crippen LogP contribution in [0.1, 0.15) is 42.1 Å². The van der Waals surface area contributed by atoms with Crippen LogP contribution in [0.5, 0.6) is 0 Å². The van der Waals surface area contributed by atoms with Crippen LogP contribution in [-0.4, -0.2) is 42.0 Å². The third-order valence-electron chi connectivity index (χ3n) is 5.91. The predicted molar refractivity (Wildman–Crippen MR) is 108 cm³/mol. The van der Waals surface area contributed by atoms with E-state index < -0.39 is 0 Å². The van der Waals surface area contributed by atoms with Crippen LogP contribution >= 0.6 is 0 Å². The van der Waals surface area contributed by atoms with Crippen LogP contribution in [0.3, 0.4) is 0 Å². The first-order valence-electron chi connectivity index (χ1n) is 10.0. The first kappa shape index (κ1) is 17.7. The van der Waals surface area contributed by atoms with E-state index >= 15 is 0 Å². The third-order valence-corrected chi connectivity index (χ3v) is 5.91. The van der Waals surface area contributed by atoms with E-state index in [-0.39, 0.29) is 0 Å². The highest BCUT2D eigenvalue weighted by molar-refractivity contribution is 5.36. The molecule has 2 aliphatic rings. The fraction of sp³-hybridized carbons (Fsp3) is 0.478. The number of hydrogen-bond acceptors (Lipinski definition) is 3. The van der Waals surface area contributed by atoms with Crippen molar-refractivity contribution in [3.63, 3.8) is 0 Å². The van der Waals surface area contributed by atoms with Crippen LogP contribution in [0.15, 0.2) is 48.5 Å². The molecule has 0 amide bonds. The molecule has 1 atom stereocenters. The molecule has 0 spiro atoms. The zero-order valence-corrected chi connectivity index (χ0v) is 16.1. The van der Waals surface area contributed by atoms with Gasteiger partial charge in [-0.1, -0.05) is 48.5 Å². The molecule has 1 saturated heterocycles. The van der Waals surface area contributed by atoms with Gasteiger partial charge in [0.2, 0.25) is 0 Å². The Kier molecular flexibility index (Phi) is 5.39.